The molecule has 1 heterocycles. The molecule has 0 aliphatic heterocycles. The zero-order valence-electron chi connectivity index (χ0n) is 11.7. The first kappa shape index (κ1) is 13.7. The molecule has 0 aliphatic rings. The first-order valence-electron chi connectivity index (χ1n) is 6.18. The number of nitrogens with one attached hydrogen (secondary N) is 1. The summed E-state index contributed by atoms with van der Waals surface area (Å²) >= 11 is 0. The molecule has 19 heavy (non-hydrogen) atoms. The van der Waals surface area contributed by atoms with E-state index in [1.54, 1.807) is 6.07 Å². The molecule has 1 aromatic heterocycles. The van der Waals surface area contributed by atoms with Gasteiger partial charge in [-0.05, 0) is 44.0 Å². The summed E-state index contributed by atoms with van der Waals surface area (Å²) in [6, 6.07) is 4.55. The summed E-state index contributed by atoms with van der Waals surface area (Å²) < 4.78 is 15.0. The van der Waals surface area contributed by atoms with Crippen molar-refractivity contribution in [2.45, 2.75) is 26.8 Å². The summed E-state index contributed by atoms with van der Waals surface area (Å²) in [7, 11) is 1.90. The van der Waals surface area contributed by atoms with Crippen LogP contribution in [-0.2, 0) is 7.05 Å². The van der Waals surface area contributed by atoms with Crippen molar-refractivity contribution in [1.29, 1.82) is 0 Å². The number of nitrogens with two attached hydrogens (primary N) is 1. The van der Waals surface area contributed by atoms with E-state index < -0.39 is 0 Å². The molecule has 0 radical (unpaired) electrons. The van der Waals surface area contributed by atoms with Crippen LogP contribution in [0.15, 0.2) is 18.2 Å². The van der Waals surface area contributed by atoms with Crippen LogP contribution in [0, 0.1) is 26.6 Å². The van der Waals surface area contributed by atoms with E-state index in [4.69, 9.17) is 5.84 Å². The van der Waals surface area contributed by atoms with Crippen LogP contribution in [0.25, 0.3) is 0 Å². The van der Waals surface area contributed by atoms with Crippen molar-refractivity contribution < 1.29 is 4.39 Å². The quantitative estimate of drug-likeness (QED) is 0.657. The Bertz CT molecular complexity index is 604. The maximum atomic E-state index is 13.2. The molecule has 0 amide bonds. The fraction of sp³-hybridized carbons (Fsp3) is 0.357. The fourth-order valence-corrected chi connectivity index (χ4v) is 2.50. The number of hydrazine groups is 1. The highest BCUT2D eigenvalue weighted by Crippen LogP contribution is 2.29. The molecule has 4 nitrogen and oxygen atoms in total. The predicted octanol–water partition coefficient (Wildman–Crippen LogP) is 2.04. The van der Waals surface area contributed by atoms with E-state index in [0.29, 0.717) is 0 Å². The molecular formula is C14H19FN4. The summed E-state index contributed by atoms with van der Waals surface area (Å²) in [6.45, 7) is 5.83. The first-order chi connectivity index (χ1) is 8.95. The summed E-state index contributed by atoms with van der Waals surface area (Å²) in [6.07, 6.45) is 0. The van der Waals surface area contributed by atoms with Gasteiger partial charge in [-0.2, -0.15) is 5.10 Å². The van der Waals surface area contributed by atoms with Crippen LogP contribution in [0.4, 0.5) is 4.39 Å². The van der Waals surface area contributed by atoms with E-state index in [2.05, 4.69) is 10.5 Å². The van der Waals surface area contributed by atoms with Gasteiger partial charge < -0.3 is 0 Å². The molecule has 3 N–H and O–H groups in total. The smallest absolute Gasteiger partial charge is 0.123 e. The maximum absolute atomic E-state index is 13.2. The van der Waals surface area contributed by atoms with Crippen LogP contribution in [0.1, 0.15) is 34.1 Å². The van der Waals surface area contributed by atoms with Crippen molar-refractivity contribution in [3.8, 4) is 0 Å². The highest BCUT2D eigenvalue weighted by Gasteiger charge is 2.22. The number of hydrogen-bond donors (Lipinski definition) is 2. The molecule has 1 unspecified atom stereocenters. The monoisotopic (exact) mass is 262 g/mol. The highest BCUT2D eigenvalue weighted by atomic mass is 19.1. The average molecular weight is 262 g/mol. The predicted molar refractivity (Wildman–Crippen MR) is 73.0 cm³/mol. The number of hydrogen-bond acceptors (Lipinski definition) is 3. The van der Waals surface area contributed by atoms with Gasteiger partial charge in [0, 0.05) is 18.3 Å². The van der Waals surface area contributed by atoms with Gasteiger partial charge in [-0.1, -0.05) is 6.07 Å². The number of halogens is 1. The molecule has 2 aromatic rings. The second-order valence-electron chi connectivity index (χ2n) is 4.81. The summed E-state index contributed by atoms with van der Waals surface area (Å²) in [5.74, 6) is 5.47. The van der Waals surface area contributed by atoms with E-state index in [1.165, 1.54) is 12.1 Å². The third-order valence-corrected chi connectivity index (χ3v) is 3.56. The minimum Gasteiger partial charge on any atom is -0.272 e. The van der Waals surface area contributed by atoms with Crippen molar-refractivity contribution >= 4 is 0 Å². The molecule has 0 bridgehead atoms. The zero-order chi connectivity index (χ0) is 14.2. The first-order valence-corrected chi connectivity index (χ1v) is 6.18. The molecule has 5 heteroatoms. The molecule has 0 spiro atoms. The van der Waals surface area contributed by atoms with Crippen LogP contribution in [0.5, 0.6) is 0 Å². The molecule has 0 saturated heterocycles. The van der Waals surface area contributed by atoms with Gasteiger partial charge in [-0.25, -0.2) is 9.82 Å². The van der Waals surface area contributed by atoms with Gasteiger partial charge in [0.05, 0.1) is 11.7 Å². The van der Waals surface area contributed by atoms with Crippen LogP contribution in [-0.4, -0.2) is 9.78 Å². The minimum atomic E-state index is -0.239. The lowest BCUT2D eigenvalue weighted by atomic mass is 9.94. The molecule has 1 atom stereocenters. The molecule has 2 rings (SSSR count). The Balaban J connectivity index is 2.56. The number of aromatic nitrogens is 2. The van der Waals surface area contributed by atoms with E-state index >= 15 is 0 Å². The van der Waals surface area contributed by atoms with Gasteiger partial charge in [0.15, 0.2) is 0 Å². The molecule has 102 valence electrons. The largest absolute Gasteiger partial charge is 0.272 e. The standard InChI is InChI=1S/C14H19FN4/c1-8-7-11(15)5-6-12(8)14(17-16)13-9(2)18-19(4)10(13)3/h5-7,14,17H,16H2,1-4H3. The van der Waals surface area contributed by atoms with Gasteiger partial charge in [-0.15, -0.1) is 0 Å². The SMILES string of the molecule is Cc1cc(F)ccc1C(NN)c1c(C)nn(C)c1C. The fourth-order valence-electron chi connectivity index (χ4n) is 2.50. The lowest BCUT2D eigenvalue weighted by Gasteiger charge is -2.19. The van der Waals surface area contributed by atoms with Crippen molar-refractivity contribution in [3.63, 3.8) is 0 Å². The summed E-state index contributed by atoms with van der Waals surface area (Å²) in [4.78, 5) is 0. The van der Waals surface area contributed by atoms with Gasteiger partial charge in [0.1, 0.15) is 5.82 Å². The second-order valence-corrected chi connectivity index (χ2v) is 4.81. The highest BCUT2D eigenvalue weighted by molar-refractivity contribution is 5.40. The van der Waals surface area contributed by atoms with E-state index in [0.717, 1.165) is 28.1 Å². The third-order valence-electron chi connectivity index (χ3n) is 3.56. The van der Waals surface area contributed by atoms with Crippen LogP contribution < -0.4 is 11.3 Å². The molecule has 1 aromatic carbocycles. The topological polar surface area (TPSA) is 55.9 Å². The van der Waals surface area contributed by atoms with Crippen molar-refractivity contribution in [1.82, 2.24) is 15.2 Å². The molecule has 0 aliphatic carbocycles. The Hall–Kier alpha value is -1.72. The van der Waals surface area contributed by atoms with Crippen LogP contribution in [0.3, 0.4) is 0 Å². The normalized spacial score (nSPS) is 12.7. The maximum Gasteiger partial charge on any atom is 0.123 e. The van der Waals surface area contributed by atoms with E-state index in [9.17, 15) is 4.39 Å². The Morgan fingerprint density at radius 2 is 2.00 bits per heavy atom. The van der Waals surface area contributed by atoms with Gasteiger partial charge >= 0.3 is 0 Å². The number of nitrogens with zero attached hydrogens (tertiary/aromatic N) is 2. The van der Waals surface area contributed by atoms with Crippen molar-refractivity contribution in [3.05, 3.63) is 52.1 Å². The molecule has 0 saturated carbocycles. The van der Waals surface area contributed by atoms with Gasteiger partial charge in [0.2, 0.25) is 0 Å². The van der Waals surface area contributed by atoms with E-state index in [1.807, 2.05) is 32.5 Å². The molecular weight excluding hydrogens is 243 g/mol. The third kappa shape index (κ3) is 2.39. The zero-order valence-corrected chi connectivity index (χ0v) is 11.7. The molecule has 0 fully saturated rings. The Labute approximate surface area is 112 Å². The second kappa shape index (κ2) is 5.11. The Morgan fingerprint density at radius 3 is 2.47 bits per heavy atom. The van der Waals surface area contributed by atoms with Crippen molar-refractivity contribution in [2.75, 3.05) is 0 Å². The average Bonchev–Trinajstić information content (AvgIpc) is 2.59. The minimum absolute atomic E-state index is 0.186. The number of benzene rings is 1. The lowest BCUT2D eigenvalue weighted by molar-refractivity contribution is 0.608. The summed E-state index contributed by atoms with van der Waals surface area (Å²) in [5.41, 5.74) is 7.65. The Kier molecular flexibility index (Phi) is 3.68. The summed E-state index contributed by atoms with van der Waals surface area (Å²) in [5, 5.41) is 4.40. The lowest BCUT2D eigenvalue weighted by Crippen LogP contribution is -2.30. The Morgan fingerprint density at radius 1 is 1.32 bits per heavy atom. The van der Waals surface area contributed by atoms with E-state index in [-0.39, 0.29) is 11.9 Å². The van der Waals surface area contributed by atoms with Crippen LogP contribution >= 0.6 is 0 Å². The van der Waals surface area contributed by atoms with Crippen molar-refractivity contribution in [2.24, 2.45) is 12.9 Å². The number of rotatable bonds is 3. The van der Waals surface area contributed by atoms with Crippen LogP contribution in [0.2, 0.25) is 0 Å². The number of aryl methyl sites for hydroxylation is 3. The van der Waals surface area contributed by atoms with Gasteiger partial charge in [-0.3, -0.25) is 10.5 Å². The van der Waals surface area contributed by atoms with Gasteiger partial charge in [0.25, 0.3) is 0 Å².